The van der Waals surface area contributed by atoms with Gasteiger partial charge in [-0.3, -0.25) is 4.79 Å². The van der Waals surface area contributed by atoms with Crippen LogP contribution in [0.5, 0.6) is 5.75 Å². The first-order valence-electron chi connectivity index (χ1n) is 8.43. The van der Waals surface area contributed by atoms with E-state index >= 15 is 0 Å². The second-order valence-corrected chi connectivity index (χ2v) is 5.89. The van der Waals surface area contributed by atoms with Gasteiger partial charge in [-0.2, -0.15) is 0 Å². The third-order valence-electron chi connectivity index (χ3n) is 3.81. The van der Waals surface area contributed by atoms with Crippen molar-refractivity contribution in [2.75, 3.05) is 23.8 Å². The Balaban J connectivity index is 1.84. The molecule has 4 nitrogen and oxygen atoms in total. The van der Waals surface area contributed by atoms with E-state index in [2.05, 4.69) is 17.6 Å². The van der Waals surface area contributed by atoms with Gasteiger partial charge in [-0.1, -0.05) is 31.5 Å². The molecule has 0 saturated heterocycles. The van der Waals surface area contributed by atoms with Gasteiger partial charge in [0.1, 0.15) is 5.75 Å². The number of carbonyl (C=O) groups excluding carboxylic acids is 1. The second kappa shape index (κ2) is 8.96. The molecule has 0 atom stereocenters. The van der Waals surface area contributed by atoms with Crippen LogP contribution in [0.4, 0.5) is 11.4 Å². The van der Waals surface area contributed by atoms with Gasteiger partial charge in [-0.25, -0.2) is 0 Å². The number of hydrogen-bond donors (Lipinski definition) is 2. The summed E-state index contributed by atoms with van der Waals surface area (Å²) in [5.74, 6) is 0.757. The lowest BCUT2D eigenvalue weighted by molar-refractivity contribution is -0.114. The largest absolute Gasteiger partial charge is 0.494 e. The number of carbonyl (C=O) groups is 1. The maximum Gasteiger partial charge on any atom is 0.243 e. The van der Waals surface area contributed by atoms with Crippen molar-refractivity contribution in [3.63, 3.8) is 0 Å². The fourth-order valence-corrected chi connectivity index (χ4v) is 2.44. The smallest absolute Gasteiger partial charge is 0.243 e. The average Bonchev–Trinajstić information content (AvgIpc) is 2.56. The Hall–Kier alpha value is -2.49. The van der Waals surface area contributed by atoms with Crippen LogP contribution in [-0.2, 0) is 4.79 Å². The van der Waals surface area contributed by atoms with Crippen molar-refractivity contribution in [2.24, 2.45) is 0 Å². The van der Waals surface area contributed by atoms with Crippen molar-refractivity contribution in [1.29, 1.82) is 0 Å². The molecule has 0 aliphatic rings. The molecular weight excluding hydrogens is 300 g/mol. The number of ether oxygens (including phenoxy) is 1. The van der Waals surface area contributed by atoms with E-state index in [0.29, 0.717) is 0 Å². The summed E-state index contributed by atoms with van der Waals surface area (Å²) in [7, 11) is 0. The monoisotopic (exact) mass is 326 g/mol. The number of para-hydroxylation sites is 1. The predicted molar refractivity (Wildman–Crippen MR) is 99.9 cm³/mol. The third-order valence-corrected chi connectivity index (χ3v) is 3.81. The SMILES string of the molecule is CCCCOc1ccc(NC(=O)CNc2c(C)cccc2C)cc1. The van der Waals surface area contributed by atoms with Gasteiger partial charge < -0.3 is 15.4 Å². The molecule has 0 aliphatic heterocycles. The lowest BCUT2D eigenvalue weighted by Crippen LogP contribution is -2.22. The van der Waals surface area contributed by atoms with Crippen molar-refractivity contribution in [1.82, 2.24) is 0 Å². The number of benzene rings is 2. The molecule has 0 heterocycles. The highest BCUT2D eigenvalue weighted by Gasteiger charge is 2.06. The summed E-state index contributed by atoms with van der Waals surface area (Å²) in [5.41, 5.74) is 4.06. The number of unbranched alkanes of at least 4 members (excludes halogenated alkanes) is 1. The summed E-state index contributed by atoms with van der Waals surface area (Å²) in [5, 5.41) is 6.10. The molecule has 0 radical (unpaired) electrons. The zero-order chi connectivity index (χ0) is 17.4. The van der Waals surface area contributed by atoms with Crippen LogP contribution in [0.1, 0.15) is 30.9 Å². The minimum atomic E-state index is -0.0719. The zero-order valence-electron chi connectivity index (χ0n) is 14.7. The Bertz CT molecular complexity index is 646. The van der Waals surface area contributed by atoms with Crippen LogP contribution in [0.25, 0.3) is 0 Å². The lowest BCUT2D eigenvalue weighted by atomic mass is 10.1. The van der Waals surface area contributed by atoms with Gasteiger partial charge in [0.25, 0.3) is 0 Å². The summed E-state index contributed by atoms with van der Waals surface area (Å²) in [6, 6.07) is 13.6. The Labute approximate surface area is 144 Å². The Morgan fingerprint density at radius 3 is 2.33 bits per heavy atom. The van der Waals surface area contributed by atoms with Crippen molar-refractivity contribution < 1.29 is 9.53 Å². The van der Waals surface area contributed by atoms with Crippen LogP contribution in [-0.4, -0.2) is 19.1 Å². The van der Waals surface area contributed by atoms with Crippen molar-refractivity contribution >= 4 is 17.3 Å². The van der Waals surface area contributed by atoms with E-state index < -0.39 is 0 Å². The maximum atomic E-state index is 12.1. The van der Waals surface area contributed by atoms with Crippen LogP contribution in [0.3, 0.4) is 0 Å². The highest BCUT2D eigenvalue weighted by Crippen LogP contribution is 2.19. The molecule has 2 aromatic carbocycles. The van der Waals surface area contributed by atoms with E-state index in [1.165, 1.54) is 0 Å². The second-order valence-electron chi connectivity index (χ2n) is 5.89. The van der Waals surface area contributed by atoms with Gasteiger partial charge in [0.05, 0.1) is 13.2 Å². The number of hydrogen-bond acceptors (Lipinski definition) is 3. The van der Waals surface area contributed by atoms with Crippen LogP contribution >= 0.6 is 0 Å². The number of amides is 1. The number of rotatable bonds is 8. The quantitative estimate of drug-likeness (QED) is 0.701. The number of aryl methyl sites for hydroxylation is 2. The molecule has 2 N–H and O–H groups in total. The molecule has 0 aliphatic carbocycles. The molecule has 0 aromatic heterocycles. The average molecular weight is 326 g/mol. The van der Waals surface area contributed by atoms with Crippen LogP contribution in [0.15, 0.2) is 42.5 Å². The number of nitrogens with one attached hydrogen (secondary N) is 2. The van der Waals surface area contributed by atoms with Gasteiger partial charge in [0.2, 0.25) is 5.91 Å². The Kier molecular flexibility index (Phi) is 6.67. The normalized spacial score (nSPS) is 10.3. The molecule has 0 unspecified atom stereocenters. The molecule has 2 aromatic rings. The zero-order valence-corrected chi connectivity index (χ0v) is 14.7. The standard InChI is InChI=1S/C20H26N2O2/c1-4-5-13-24-18-11-9-17(10-12-18)22-19(23)14-21-20-15(2)7-6-8-16(20)3/h6-12,21H,4-5,13-14H2,1-3H3,(H,22,23). The van der Waals surface area contributed by atoms with Crippen molar-refractivity contribution in [3.05, 3.63) is 53.6 Å². The molecule has 24 heavy (non-hydrogen) atoms. The van der Waals surface area contributed by atoms with E-state index in [-0.39, 0.29) is 12.5 Å². The van der Waals surface area contributed by atoms with Gasteiger partial charge in [0, 0.05) is 11.4 Å². The van der Waals surface area contributed by atoms with Gasteiger partial charge in [-0.15, -0.1) is 0 Å². The van der Waals surface area contributed by atoms with E-state index in [9.17, 15) is 4.79 Å². The molecule has 0 spiro atoms. The van der Waals surface area contributed by atoms with Crippen LogP contribution < -0.4 is 15.4 Å². The molecule has 4 heteroatoms. The first kappa shape index (κ1) is 17.9. The third kappa shape index (κ3) is 5.30. The first-order valence-corrected chi connectivity index (χ1v) is 8.43. The fraction of sp³-hybridized carbons (Fsp3) is 0.350. The van der Waals surface area contributed by atoms with E-state index in [1.54, 1.807) is 0 Å². The molecule has 1 amide bonds. The van der Waals surface area contributed by atoms with Crippen LogP contribution in [0.2, 0.25) is 0 Å². The fourth-order valence-electron chi connectivity index (χ4n) is 2.44. The Morgan fingerprint density at radius 2 is 1.71 bits per heavy atom. The van der Waals surface area contributed by atoms with Crippen molar-refractivity contribution in [3.8, 4) is 5.75 Å². The summed E-state index contributed by atoms with van der Waals surface area (Å²) < 4.78 is 5.61. The van der Waals surface area contributed by atoms with Crippen molar-refractivity contribution in [2.45, 2.75) is 33.6 Å². The molecule has 0 bridgehead atoms. The van der Waals surface area contributed by atoms with Gasteiger partial charge >= 0.3 is 0 Å². The summed E-state index contributed by atoms with van der Waals surface area (Å²) in [4.78, 5) is 12.1. The minimum absolute atomic E-state index is 0.0719. The Morgan fingerprint density at radius 1 is 1.04 bits per heavy atom. The van der Waals surface area contributed by atoms with E-state index in [4.69, 9.17) is 4.74 Å². The van der Waals surface area contributed by atoms with E-state index in [0.717, 1.165) is 47.7 Å². The summed E-state index contributed by atoms with van der Waals surface area (Å²) in [6.07, 6.45) is 2.16. The highest BCUT2D eigenvalue weighted by atomic mass is 16.5. The van der Waals surface area contributed by atoms with Gasteiger partial charge in [0.15, 0.2) is 0 Å². The lowest BCUT2D eigenvalue weighted by Gasteiger charge is -2.13. The van der Waals surface area contributed by atoms with Gasteiger partial charge in [-0.05, 0) is 55.7 Å². The molecule has 0 fully saturated rings. The summed E-state index contributed by atoms with van der Waals surface area (Å²) >= 11 is 0. The molecule has 128 valence electrons. The molecule has 0 saturated carbocycles. The summed E-state index contributed by atoms with van der Waals surface area (Å²) in [6.45, 7) is 7.16. The molecular formula is C20H26N2O2. The van der Waals surface area contributed by atoms with E-state index in [1.807, 2.05) is 56.3 Å². The highest BCUT2D eigenvalue weighted by molar-refractivity contribution is 5.94. The maximum absolute atomic E-state index is 12.1. The number of anilines is 2. The predicted octanol–water partition coefficient (Wildman–Crippen LogP) is 4.53. The van der Waals surface area contributed by atoms with Crippen LogP contribution in [0, 0.1) is 13.8 Å². The minimum Gasteiger partial charge on any atom is -0.494 e. The topological polar surface area (TPSA) is 50.4 Å². The molecule has 2 rings (SSSR count). The first-order chi connectivity index (χ1) is 11.6.